The Morgan fingerprint density at radius 2 is 1.71 bits per heavy atom. The Hall–Kier alpha value is -2.44. The van der Waals surface area contributed by atoms with Gasteiger partial charge in [-0.25, -0.2) is 4.57 Å². The van der Waals surface area contributed by atoms with Crippen LogP contribution in [0, 0.1) is 32.1 Å². The van der Waals surface area contributed by atoms with Gasteiger partial charge >= 0.3 is 0 Å². The molecule has 2 heterocycles. The predicted molar refractivity (Wildman–Crippen MR) is 120 cm³/mol. The lowest BCUT2D eigenvalue weighted by Gasteiger charge is -2.22. The fourth-order valence-corrected chi connectivity index (χ4v) is 8.91. The third kappa shape index (κ3) is 2.88. The van der Waals surface area contributed by atoms with Crippen LogP contribution < -0.4 is 9.75 Å². The second-order valence-corrected chi connectivity index (χ2v) is 13.5. The topological polar surface area (TPSA) is 27.7 Å². The van der Waals surface area contributed by atoms with Gasteiger partial charge < -0.3 is 0 Å². The van der Waals surface area contributed by atoms with Crippen LogP contribution in [0.3, 0.4) is 0 Å². The first-order chi connectivity index (χ1) is 13.4. The number of fused-ring (bicyclic) bond motifs is 1. The molecule has 0 bridgehead atoms. The summed E-state index contributed by atoms with van der Waals surface area (Å²) in [6.07, 6.45) is 4.99. The van der Waals surface area contributed by atoms with Gasteiger partial charge in [0.05, 0.1) is 30.7 Å². The highest BCUT2D eigenvalue weighted by Crippen LogP contribution is 2.34. The highest BCUT2D eigenvalue weighted by molar-refractivity contribution is 6.91. The molecule has 0 saturated carbocycles. The molecule has 2 nitrogen and oxygen atoms in total. The van der Waals surface area contributed by atoms with Crippen LogP contribution >= 0.6 is 0 Å². The van der Waals surface area contributed by atoms with Crippen LogP contribution in [-0.4, -0.2) is 8.07 Å². The summed E-state index contributed by atoms with van der Waals surface area (Å²) in [7, 11) is 0.849. The predicted octanol–water partition coefficient (Wildman–Crippen LogP) is 5.21. The normalized spacial score (nSPS) is 15.7. The van der Waals surface area contributed by atoms with Gasteiger partial charge in [0.1, 0.15) is 7.05 Å². The lowest BCUT2D eigenvalue weighted by atomic mass is 9.91. The fraction of sp³-hybridized carbons (Fsp3) is 0.360. The van der Waals surface area contributed by atoms with Crippen LogP contribution in [0.15, 0.2) is 36.5 Å². The van der Waals surface area contributed by atoms with Crippen molar-refractivity contribution in [3.8, 4) is 17.3 Å². The van der Waals surface area contributed by atoms with Crippen LogP contribution in [-0.2, 0) is 7.05 Å². The van der Waals surface area contributed by atoms with E-state index in [1.54, 1.807) is 5.19 Å². The van der Waals surface area contributed by atoms with Crippen molar-refractivity contribution >= 4 is 24.0 Å². The highest BCUT2D eigenvalue weighted by atomic mass is 28.3. The average molecular weight is 386 g/mol. The van der Waals surface area contributed by atoms with E-state index in [1.165, 1.54) is 52.5 Å². The third-order valence-electron chi connectivity index (χ3n) is 7.00. The van der Waals surface area contributed by atoms with Crippen molar-refractivity contribution in [2.24, 2.45) is 7.05 Å². The van der Waals surface area contributed by atoms with E-state index in [0.29, 0.717) is 0 Å². The van der Waals surface area contributed by atoms with E-state index in [9.17, 15) is 5.26 Å². The summed E-state index contributed by atoms with van der Waals surface area (Å²) in [6.45, 7) is 8.82. The third-order valence-corrected chi connectivity index (χ3v) is 11.6. The molecule has 0 radical (unpaired) electrons. The largest absolute Gasteiger partial charge is 0.220 e. The van der Waals surface area contributed by atoms with Gasteiger partial charge in [-0.3, -0.25) is 0 Å². The van der Waals surface area contributed by atoms with Crippen LogP contribution in [0.25, 0.3) is 22.0 Å². The summed E-state index contributed by atoms with van der Waals surface area (Å²) < 4.78 is 2.23. The number of rotatable bonds is 2. The van der Waals surface area contributed by atoms with Crippen molar-refractivity contribution in [3.05, 3.63) is 58.8 Å². The molecular weight excluding hydrogens is 356 g/mol. The van der Waals surface area contributed by atoms with Gasteiger partial charge in [-0.2, -0.15) is 5.26 Å². The van der Waals surface area contributed by atoms with Crippen LogP contribution in [0.4, 0.5) is 0 Å². The molecular formula is C25H29N2Si+. The van der Waals surface area contributed by atoms with E-state index in [2.05, 4.69) is 74.6 Å². The van der Waals surface area contributed by atoms with E-state index in [-0.39, 0.29) is 0 Å². The van der Waals surface area contributed by atoms with Gasteiger partial charge in [0.15, 0.2) is 6.20 Å². The van der Waals surface area contributed by atoms with Crippen LogP contribution in [0.5, 0.6) is 0 Å². The van der Waals surface area contributed by atoms with Gasteiger partial charge in [-0.1, -0.05) is 48.8 Å². The highest BCUT2D eigenvalue weighted by Gasteiger charge is 2.33. The zero-order chi connectivity index (χ0) is 20.1. The molecule has 0 atom stereocenters. The summed E-state index contributed by atoms with van der Waals surface area (Å²) in [5.41, 5.74) is 6.64. The lowest BCUT2D eigenvalue weighted by molar-refractivity contribution is -0.659. The van der Waals surface area contributed by atoms with E-state index in [4.69, 9.17) is 0 Å². The van der Waals surface area contributed by atoms with Gasteiger partial charge in [-0.05, 0) is 55.0 Å². The first kappa shape index (κ1) is 18.9. The van der Waals surface area contributed by atoms with Gasteiger partial charge in [0.25, 0.3) is 0 Å². The number of pyridine rings is 1. The summed E-state index contributed by atoms with van der Waals surface area (Å²) in [5, 5.41) is 13.8. The fourth-order valence-electron chi connectivity index (χ4n) is 5.03. The van der Waals surface area contributed by atoms with Crippen LogP contribution in [0.2, 0.25) is 18.6 Å². The number of hydrogen-bond acceptors (Lipinski definition) is 1. The van der Waals surface area contributed by atoms with Crippen molar-refractivity contribution in [3.63, 3.8) is 0 Å². The molecule has 1 aromatic heterocycles. The zero-order valence-electron chi connectivity index (χ0n) is 17.7. The Balaban J connectivity index is 1.96. The molecule has 2 aromatic carbocycles. The SMILES string of the molecule is Cc1cc(-c2c3ccc([Si]4(C)CCCC4)cc3cc[n+]2C)c(C)c(C)c1C#N. The zero-order valence-corrected chi connectivity index (χ0v) is 18.7. The Bertz CT molecular complexity index is 1130. The minimum Gasteiger partial charge on any atom is -0.200 e. The molecule has 0 spiro atoms. The van der Waals surface area contributed by atoms with E-state index >= 15 is 0 Å². The van der Waals surface area contributed by atoms with E-state index < -0.39 is 8.07 Å². The molecule has 3 aromatic rings. The second kappa shape index (κ2) is 6.86. The quantitative estimate of drug-likeness (QED) is 0.440. The smallest absolute Gasteiger partial charge is 0.200 e. The van der Waals surface area contributed by atoms with Crippen molar-refractivity contribution in [1.29, 1.82) is 5.26 Å². The molecule has 3 heteroatoms. The number of aromatic nitrogens is 1. The van der Waals surface area contributed by atoms with Gasteiger partial charge in [-0.15, -0.1) is 0 Å². The second-order valence-electron chi connectivity index (χ2n) is 8.82. The maximum Gasteiger partial charge on any atom is 0.220 e. The summed E-state index contributed by atoms with van der Waals surface area (Å²) in [4.78, 5) is 0. The standard InChI is InChI=1S/C25H29N2Si/c1-17-14-23(18(2)19(3)24(17)16-26)25-22-9-8-21(28(5)12-6-7-13-28)15-20(22)10-11-27(25)4/h8-11,14-15H,6-7,12-13H2,1-5H3/q+1. The first-order valence-corrected chi connectivity index (χ1v) is 13.2. The number of nitriles is 1. The Kier molecular flexibility index (Phi) is 4.63. The van der Waals surface area contributed by atoms with E-state index in [0.717, 1.165) is 16.7 Å². The molecule has 1 aliphatic rings. The Morgan fingerprint density at radius 1 is 1.00 bits per heavy atom. The summed E-state index contributed by atoms with van der Waals surface area (Å²) in [6, 6.07) is 16.9. The van der Waals surface area contributed by atoms with E-state index in [1.807, 2.05) is 6.92 Å². The number of benzene rings is 2. The van der Waals surface area contributed by atoms with Crippen molar-refractivity contribution in [1.82, 2.24) is 0 Å². The van der Waals surface area contributed by atoms with Gasteiger partial charge in [0, 0.05) is 6.07 Å². The maximum absolute atomic E-state index is 9.52. The number of aryl methyl sites for hydroxylation is 2. The molecule has 0 unspecified atom stereocenters. The van der Waals surface area contributed by atoms with Gasteiger partial charge in [0.2, 0.25) is 5.69 Å². The molecule has 0 aliphatic carbocycles. The molecule has 0 amide bonds. The number of hydrogen-bond donors (Lipinski definition) is 0. The average Bonchev–Trinajstić information content (AvgIpc) is 3.13. The molecule has 1 saturated heterocycles. The van der Waals surface area contributed by atoms with Crippen molar-refractivity contribution < 1.29 is 4.57 Å². The lowest BCUT2D eigenvalue weighted by Crippen LogP contribution is -2.41. The maximum atomic E-state index is 9.52. The first-order valence-electron chi connectivity index (χ1n) is 10.3. The number of nitrogens with zero attached hydrogens (tertiary/aromatic N) is 2. The van der Waals surface area contributed by atoms with Crippen molar-refractivity contribution in [2.45, 2.75) is 52.2 Å². The summed E-state index contributed by atoms with van der Waals surface area (Å²) in [5.74, 6) is 0. The molecule has 1 aliphatic heterocycles. The van der Waals surface area contributed by atoms with Crippen LogP contribution in [0.1, 0.15) is 35.1 Å². The molecule has 0 N–H and O–H groups in total. The molecule has 142 valence electrons. The molecule has 1 fully saturated rings. The minimum atomic E-state index is -1.27. The Morgan fingerprint density at radius 3 is 2.39 bits per heavy atom. The molecule has 28 heavy (non-hydrogen) atoms. The van der Waals surface area contributed by atoms with Crippen molar-refractivity contribution in [2.75, 3.05) is 0 Å². The minimum absolute atomic E-state index is 0.812. The monoisotopic (exact) mass is 385 g/mol. The Labute approximate surface area is 169 Å². The summed E-state index contributed by atoms with van der Waals surface area (Å²) >= 11 is 0. The molecule has 4 rings (SSSR count).